The van der Waals surface area contributed by atoms with Crippen LogP contribution in [-0.2, 0) is 4.79 Å². The number of nitrogens with one attached hydrogen (secondary N) is 1. The van der Waals surface area contributed by atoms with Crippen LogP contribution in [0.3, 0.4) is 0 Å². The molecule has 1 amide bonds. The Kier molecular flexibility index (Phi) is 5.78. The predicted octanol–water partition coefficient (Wildman–Crippen LogP) is 3.83. The number of carbonyl (C=O) groups excluding carboxylic acids is 2. The van der Waals surface area contributed by atoms with Crippen LogP contribution in [0.5, 0.6) is 17.2 Å². The molecule has 0 spiro atoms. The van der Waals surface area contributed by atoms with Gasteiger partial charge in [-0.15, -0.1) is 0 Å². The molecular weight excluding hydrogens is 402 g/mol. The van der Waals surface area contributed by atoms with Gasteiger partial charge in [-0.3, -0.25) is 9.59 Å². The van der Waals surface area contributed by atoms with Gasteiger partial charge in [0.25, 0.3) is 5.91 Å². The summed E-state index contributed by atoms with van der Waals surface area (Å²) in [4.78, 5) is 24.2. The van der Waals surface area contributed by atoms with Gasteiger partial charge in [-0.2, -0.15) is 0 Å². The van der Waals surface area contributed by atoms with E-state index in [1.54, 1.807) is 43.3 Å². The van der Waals surface area contributed by atoms with Crippen molar-refractivity contribution in [2.24, 2.45) is 0 Å². The number of amides is 1. The molecular formula is C19H18BrNO5. The van der Waals surface area contributed by atoms with Crippen molar-refractivity contribution in [1.29, 1.82) is 0 Å². The SMILES string of the molecule is CCC(=O)c1cc(Br)ccc1OCC(=O)Nc1ccc2c(c1)OCCO2. The van der Waals surface area contributed by atoms with Crippen molar-refractivity contribution >= 4 is 33.3 Å². The molecule has 2 aromatic rings. The molecule has 26 heavy (non-hydrogen) atoms. The summed E-state index contributed by atoms with van der Waals surface area (Å²) in [7, 11) is 0. The maximum Gasteiger partial charge on any atom is 0.262 e. The molecule has 0 fully saturated rings. The quantitative estimate of drug-likeness (QED) is 0.720. The number of carbonyl (C=O) groups is 2. The number of ketones is 1. The zero-order valence-corrected chi connectivity index (χ0v) is 15.8. The highest BCUT2D eigenvalue weighted by Crippen LogP contribution is 2.32. The highest BCUT2D eigenvalue weighted by Gasteiger charge is 2.15. The second-order valence-corrected chi connectivity index (χ2v) is 6.53. The van der Waals surface area contributed by atoms with Gasteiger partial charge < -0.3 is 19.5 Å². The van der Waals surface area contributed by atoms with Crippen LogP contribution in [0.15, 0.2) is 40.9 Å². The number of ether oxygens (including phenoxy) is 3. The van der Waals surface area contributed by atoms with E-state index in [9.17, 15) is 9.59 Å². The fourth-order valence-corrected chi connectivity index (χ4v) is 2.86. The van der Waals surface area contributed by atoms with E-state index < -0.39 is 0 Å². The molecule has 0 radical (unpaired) electrons. The number of halogens is 1. The highest BCUT2D eigenvalue weighted by molar-refractivity contribution is 9.10. The maximum atomic E-state index is 12.2. The van der Waals surface area contributed by atoms with Crippen LogP contribution in [0, 0.1) is 0 Å². The van der Waals surface area contributed by atoms with Crippen molar-refractivity contribution in [3.05, 3.63) is 46.4 Å². The first-order chi connectivity index (χ1) is 12.6. The molecule has 0 bridgehead atoms. The van der Waals surface area contributed by atoms with Gasteiger partial charge in [0.2, 0.25) is 0 Å². The molecule has 1 N–H and O–H groups in total. The number of hydrogen-bond donors (Lipinski definition) is 1. The lowest BCUT2D eigenvalue weighted by atomic mass is 10.1. The molecule has 0 atom stereocenters. The normalized spacial score (nSPS) is 12.4. The third-order valence-electron chi connectivity index (χ3n) is 3.75. The van der Waals surface area contributed by atoms with E-state index in [0.717, 1.165) is 4.47 Å². The van der Waals surface area contributed by atoms with E-state index in [2.05, 4.69) is 21.2 Å². The van der Waals surface area contributed by atoms with Crippen molar-refractivity contribution in [2.75, 3.05) is 25.1 Å². The minimum atomic E-state index is -0.334. The molecule has 0 aliphatic carbocycles. The van der Waals surface area contributed by atoms with Gasteiger partial charge in [-0.25, -0.2) is 0 Å². The molecule has 1 aliphatic heterocycles. The Labute approximate surface area is 159 Å². The van der Waals surface area contributed by atoms with Crippen molar-refractivity contribution in [3.8, 4) is 17.2 Å². The van der Waals surface area contributed by atoms with Gasteiger partial charge in [0.05, 0.1) is 5.56 Å². The van der Waals surface area contributed by atoms with E-state index >= 15 is 0 Å². The van der Waals surface area contributed by atoms with Crippen LogP contribution in [-0.4, -0.2) is 31.5 Å². The van der Waals surface area contributed by atoms with Crippen LogP contribution in [0.25, 0.3) is 0 Å². The van der Waals surface area contributed by atoms with E-state index in [0.29, 0.717) is 48.1 Å². The summed E-state index contributed by atoms with van der Waals surface area (Å²) in [6.07, 6.45) is 0.357. The third-order valence-corrected chi connectivity index (χ3v) is 4.24. The highest BCUT2D eigenvalue weighted by atomic mass is 79.9. The summed E-state index contributed by atoms with van der Waals surface area (Å²) in [6, 6.07) is 10.3. The minimum absolute atomic E-state index is 0.0476. The number of rotatable bonds is 6. The largest absolute Gasteiger partial charge is 0.486 e. The third kappa shape index (κ3) is 4.35. The van der Waals surface area contributed by atoms with Crippen molar-refractivity contribution in [1.82, 2.24) is 0 Å². The van der Waals surface area contributed by atoms with E-state index in [-0.39, 0.29) is 18.3 Å². The Morgan fingerprint density at radius 2 is 1.88 bits per heavy atom. The summed E-state index contributed by atoms with van der Waals surface area (Å²) in [6.45, 7) is 2.56. The van der Waals surface area contributed by atoms with Crippen molar-refractivity contribution < 1.29 is 23.8 Å². The first-order valence-corrected chi connectivity index (χ1v) is 9.01. The number of benzene rings is 2. The summed E-state index contributed by atoms with van der Waals surface area (Å²) in [5, 5.41) is 2.74. The Morgan fingerprint density at radius 3 is 2.65 bits per heavy atom. The molecule has 0 unspecified atom stereocenters. The lowest BCUT2D eigenvalue weighted by Gasteiger charge is -2.19. The monoisotopic (exact) mass is 419 g/mol. The van der Waals surface area contributed by atoms with Gasteiger partial charge in [-0.05, 0) is 30.3 Å². The lowest BCUT2D eigenvalue weighted by molar-refractivity contribution is -0.118. The van der Waals surface area contributed by atoms with Crippen LogP contribution in [0.4, 0.5) is 5.69 Å². The lowest BCUT2D eigenvalue weighted by Crippen LogP contribution is -2.21. The fourth-order valence-electron chi connectivity index (χ4n) is 2.50. The molecule has 0 aromatic heterocycles. The van der Waals surface area contributed by atoms with E-state index in [4.69, 9.17) is 14.2 Å². The summed E-state index contributed by atoms with van der Waals surface area (Å²) in [5.41, 5.74) is 1.04. The Morgan fingerprint density at radius 1 is 1.12 bits per heavy atom. The molecule has 1 heterocycles. The molecule has 7 heteroatoms. The second-order valence-electron chi connectivity index (χ2n) is 5.61. The van der Waals surface area contributed by atoms with Gasteiger partial charge in [-0.1, -0.05) is 22.9 Å². The van der Waals surface area contributed by atoms with E-state index in [1.165, 1.54) is 0 Å². The molecule has 3 rings (SSSR count). The second kappa shape index (κ2) is 8.23. The predicted molar refractivity (Wildman–Crippen MR) is 100 cm³/mol. The first kappa shape index (κ1) is 18.3. The number of Topliss-reactive ketones (excluding diaryl/α,β-unsaturated/α-hetero) is 1. The average molecular weight is 420 g/mol. The van der Waals surface area contributed by atoms with E-state index in [1.807, 2.05) is 0 Å². The number of anilines is 1. The topological polar surface area (TPSA) is 73.9 Å². The van der Waals surface area contributed by atoms with Crippen LogP contribution < -0.4 is 19.5 Å². The minimum Gasteiger partial charge on any atom is -0.486 e. The summed E-state index contributed by atoms with van der Waals surface area (Å²) >= 11 is 3.34. The average Bonchev–Trinajstić information content (AvgIpc) is 2.66. The van der Waals surface area contributed by atoms with Gasteiger partial charge in [0.1, 0.15) is 19.0 Å². The summed E-state index contributed by atoms with van der Waals surface area (Å²) < 4.78 is 17.3. The molecule has 0 saturated heterocycles. The van der Waals surface area contributed by atoms with Gasteiger partial charge in [0, 0.05) is 22.6 Å². The maximum absolute atomic E-state index is 12.2. The number of hydrogen-bond acceptors (Lipinski definition) is 5. The molecule has 2 aromatic carbocycles. The molecule has 0 saturated carbocycles. The Balaban J connectivity index is 1.64. The summed E-state index contributed by atoms with van der Waals surface area (Å²) in [5.74, 6) is 1.26. The zero-order valence-electron chi connectivity index (χ0n) is 14.2. The Bertz CT molecular complexity index is 837. The Hall–Kier alpha value is -2.54. The van der Waals surface area contributed by atoms with Crippen LogP contribution in [0.2, 0.25) is 0 Å². The molecule has 6 nitrogen and oxygen atoms in total. The molecule has 1 aliphatic rings. The van der Waals surface area contributed by atoms with Gasteiger partial charge in [0.15, 0.2) is 23.9 Å². The standard InChI is InChI=1S/C19H18BrNO5/c1-2-15(22)14-9-12(20)3-5-16(14)26-11-19(23)21-13-4-6-17-18(10-13)25-8-7-24-17/h3-6,9-10H,2,7-8,11H2,1H3,(H,21,23). The molecule has 136 valence electrons. The van der Waals surface area contributed by atoms with Crippen LogP contribution >= 0.6 is 15.9 Å². The fraction of sp³-hybridized carbons (Fsp3) is 0.263. The van der Waals surface area contributed by atoms with Crippen molar-refractivity contribution in [2.45, 2.75) is 13.3 Å². The first-order valence-electron chi connectivity index (χ1n) is 8.22. The number of fused-ring (bicyclic) bond motifs is 1. The zero-order chi connectivity index (χ0) is 18.5. The van der Waals surface area contributed by atoms with Crippen molar-refractivity contribution in [3.63, 3.8) is 0 Å². The smallest absolute Gasteiger partial charge is 0.262 e. The van der Waals surface area contributed by atoms with Crippen LogP contribution in [0.1, 0.15) is 23.7 Å². The van der Waals surface area contributed by atoms with Gasteiger partial charge >= 0.3 is 0 Å².